The molecule has 3 aromatic rings. The Morgan fingerprint density at radius 3 is 2.67 bits per heavy atom. The molecule has 0 radical (unpaired) electrons. The Hall–Kier alpha value is -2.67. The van der Waals surface area contributed by atoms with Crippen LogP contribution in [0.25, 0.3) is 17.1 Å². The normalized spacial score (nSPS) is 18.9. The van der Waals surface area contributed by atoms with Gasteiger partial charge in [0.1, 0.15) is 0 Å². The molecule has 0 aliphatic heterocycles. The Morgan fingerprint density at radius 1 is 1.13 bits per heavy atom. The van der Waals surface area contributed by atoms with Crippen LogP contribution in [0.5, 0.6) is 0 Å². The van der Waals surface area contributed by atoms with Gasteiger partial charge in [0.05, 0.1) is 11.4 Å². The first-order valence-corrected chi connectivity index (χ1v) is 11.5. The number of hydrogen-bond acceptors (Lipinski definition) is 5. The summed E-state index contributed by atoms with van der Waals surface area (Å²) in [6, 6.07) is 12.3. The van der Waals surface area contributed by atoms with Crippen molar-refractivity contribution in [3.05, 3.63) is 54.4 Å². The van der Waals surface area contributed by atoms with Crippen LogP contribution >= 0.6 is 11.8 Å². The fourth-order valence-electron chi connectivity index (χ4n) is 3.99. The standard InChI is InChI=1S/C23H27N5OS/c1-16-7-3-5-9-19(16)25-21(29)15-30-23-27-26-22(18-11-13-24-14-12-18)28(23)20-10-6-4-8-17(20)2/h4,6,8,10-14,16,19H,3,5,7,9,15H2,1-2H3,(H,25,29)/t16-,19+/m1/s1. The van der Waals surface area contributed by atoms with Gasteiger partial charge in [-0.15, -0.1) is 10.2 Å². The molecule has 0 saturated heterocycles. The topological polar surface area (TPSA) is 72.7 Å². The summed E-state index contributed by atoms with van der Waals surface area (Å²) in [6.07, 6.45) is 8.21. The molecule has 2 atom stereocenters. The van der Waals surface area contributed by atoms with Crippen molar-refractivity contribution in [2.45, 2.75) is 50.7 Å². The quantitative estimate of drug-likeness (QED) is 0.596. The van der Waals surface area contributed by atoms with Gasteiger partial charge in [-0.1, -0.05) is 49.7 Å². The summed E-state index contributed by atoms with van der Waals surface area (Å²) in [7, 11) is 0. The average Bonchev–Trinajstić information content (AvgIpc) is 3.18. The third-order valence-corrected chi connectivity index (χ3v) is 6.65. The highest BCUT2D eigenvalue weighted by molar-refractivity contribution is 7.99. The third kappa shape index (κ3) is 4.56. The molecule has 2 aromatic heterocycles. The second kappa shape index (κ2) is 9.43. The van der Waals surface area contributed by atoms with E-state index in [-0.39, 0.29) is 11.9 Å². The number of nitrogens with one attached hydrogen (secondary N) is 1. The van der Waals surface area contributed by atoms with Crippen molar-refractivity contribution >= 4 is 17.7 Å². The molecule has 2 heterocycles. The number of nitrogens with zero attached hydrogens (tertiary/aromatic N) is 4. The number of amides is 1. The molecule has 30 heavy (non-hydrogen) atoms. The van der Waals surface area contributed by atoms with Crippen molar-refractivity contribution in [2.24, 2.45) is 5.92 Å². The van der Waals surface area contributed by atoms with E-state index in [9.17, 15) is 4.79 Å². The monoisotopic (exact) mass is 421 g/mol. The second-order valence-electron chi connectivity index (χ2n) is 7.89. The highest BCUT2D eigenvalue weighted by Gasteiger charge is 2.23. The number of para-hydroxylation sites is 1. The summed E-state index contributed by atoms with van der Waals surface area (Å²) in [5.41, 5.74) is 3.07. The Kier molecular flexibility index (Phi) is 6.47. The molecule has 4 rings (SSSR count). The summed E-state index contributed by atoms with van der Waals surface area (Å²) in [4.78, 5) is 16.7. The number of pyridine rings is 1. The molecular formula is C23H27N5OS. The fourth-order valence-corrected chi connectivity index (χ4v) is 4.75. The van der Waals surface area contributed by atoms with E-state index < -0.39 is 0 Å². The van der Waals surface area contributed by atoms with E-state index in [1.54, 1.807) is 12.4 Å². The van der Waals surface area contributed by atoms with Crippen LogP contribution in [0, 0.1) is 12.8 Å². The van der Waals surface area contributed by atoms with E-state index in [4.69, 9.17) is 0 Å². The zero-order chi connectivity index (χ0) is 20.9. The van der Waals surface area contributed by atoms with E-state index >= 15 is 0 Å². The number of rotatable bonds is 6. The van der Waals surface area contributed by atoms with Crippen molar-refractivity contribution in [1.82, 2.24) is 25.1 Å². The molecule has 1 N–H and O–H groups in total. The molecule has 1 saturated carbocycles. The van der Waals surface area contributed by atoms with Crippen molar-refractivity contribution in [1.29, 1.82) is 0 Å². The summed E-state index contributed by atoms with van der Waals surface area (Å²) in [5.74, 6) is 1.67. The highest BCUT2D eigenvalue weighted by atomic mass is 32.2. The van der Waals surface area contributed by atoms with Crippen molar-refractivity contribution in [3.63, 3.8) is 0 Å². The van der Waals surface area contributed by atoms with E-state index in [2.05, 4.69) is 46.5 Å². The number of thioether (sulfide) groups is 1. The van der Waals surface area contributed by atoms with Crippen LogP contribution in [-0.2, 0) is 4.79 Å². The highest BCUT2D eigenvalue weighted by Crippen LogP contribution is 2.29. The maximum Gasteiger partial charge on any atom is 0.230 e. The first-order valence-electron chi connectivity index (χ1n) is 10.5. The molecule has 1 aliphatic rings. The van der Waals surface area contributed by atoms with Gasteiger partial charge in [-0.25, -0.2) is 0 Å². The maximum atomic E-state index is 12.6. The first-order chi connectivity index (χ1) is 14.6. The number of carbonyl (C=O) groups is 1. The van der Waals surface area contributed by atoms with Gasteiger partial charge in [0, 0.05) is 24.0 Å². The fraction of sp³-hybridized carbons (Fsp3) is 0.391. The Bertz CT molecular complexity index is 1000. The van der Waals surface area contributed by atoms with Crippen LogP contribution in [-0.4, -0.2) is 37.5 Å². The van der Waals surface area contributed by atoms with Crippen molar-refractivity contribution in [2.75, 3.05) is 5.75 Å². The summed E-state index contributed by atoms with van der Waals surface area (Å²) in [5, 5.41) is 12.8. The van der Waals surface area contributed by atoms with Crippen LogP contribution in [0.15, 0.2) is 53.9 Å². The van der Waals surface area contributed by atoms with Crippen LogP contribution < -0.4 is 5.32 Å². The molecule has 0 unspecified atom stereocenters. The van der Waals surface area contributed by atoms with E-state index in [1.807, 2.05) is 28.8 Å². The van der Waals surface area contributed by atoms with Crippen molar-refractivity contribution in [3.8, 4) is 17.1 Å². The molecule has 1 aliphatic carbocycles. The van der Waals surface area contributed by atoms with Gasteiger partial charge in [-0.3, -0.25) is 14.3 Å². The van der Waals surface area contributed by atoms with Gasteiger partial charge in [0.15, 0.2) is 11.0 Å². The van der Waals surface area contributed by atoms with Gasteiger partial charge in [-0.2, -0.15) is 0 Å². The van der Waals surface area contributed by atoms with Gasteiger partial charge >= 0.3 is 0 Å². The Balaban J connectivity index is 1.57. The summed E-state index contributed by atoms with van der Waals surface area (Å²) < 4.78 is 2.03. The lowest BCUT2D eigenvalue weighted by Crippen LogP contribution is -2.41. The molecule has 7 heteroatoms. The van der Waals surface area contributed by atoms with E-state index in [0.29, 0.717) is 16.8 Å². The molecule has 156 valence electrons. The maximum absolute atomic E-state index is 12.6. The van der Waals surface area contributed by atoms with Crippen LogP contribution in [0.4, 0.5) is 0 Å². The molecule has 6 nitrogen and oxygen atoms in total. The van der Waals surface area contributed by atoms with Crippen LogP contribution in [0.1, 0.15) is 38.2 Å². The Morgan fingerprint density at radius 2 is 1.90 bits per heavy atom. The van der Waals surface area contributed by atoms with Gasteiger partial charge in [-0.05, 0) is 49.4 Å². The number of carbonyl (C=O) groups excluding carboxylic acids is 1. The van der Waals surface area contributed by atoms with Crippen LogP contribution in [0.2, 0.25) is 0 Å². The number of aryl methyl sites for hydroxylation is 1. The van der Waals surface area contributed by atoms with Gasteiger partial charge in [0.2, 0.25) is 5.91 Å². The summed E-state index contributed by atoms with van der Waals surface area (Å²) in [6.45, 7) is 4.30. The summed E-state index contributed by atoms with van der Waals surface area (Å²) >= 11 is 1.43. The molecular weight excluding hydrogens is 394 g/mol. The average molecular weight is 422 g/mol. The minimum atomic E-state index is 0.0588. The largest absolute Gasteiger partial charge is 0.352 e. The number of aromatic nitrogens is 4. The molecule has 1 fully saturated rings. The third-order valence-electron chi connectivity index (χ3n) is 5.72. The SMILES string of the molecule is Cc1ccccc1-n1c(SCC(=O)N[C@H]2CCCC[C@H]2C)nnc1-c1ccncc1. The van der Waals surface area contributed by atoms with Gasteiger partial charge in [0.25, 0.3) is 0 Å². The second-order valence-corrected chi connectivity index (χ2v) is 8.83. The van der Waals surface area contributed by atoms with Gasteiger partial charge < -0.3 is 5.32 Å². The smallest absolute Gasteiger partial charge is 0.230 e. The number of hydrogen-bond donors (Lipinski definition) is 1. The van der Waals surface area contributed by atoms with E-state index in [1.165, 1.54) is 31.0 Å². The molecule has 1 aromatic carbocycles. The zero-order valence-electron chi connectivity index (χ0n) is 17.4. The Labute approximate surface area is 181 Å². The zero-order valence-corrected chi connectivity index (χ0v) is 18.2. The van der Waals surface area contributed by atoms with Crippen LogP contribution in [0.3, 0.4) is 0 Å². The minimum absolute atomic E-state index is 0.0588. The molecule has 1 amide bonds. The molecule has 0 spiro atoms. The lowest BCUT2D eigenvalue weighted by Gasteiger charge is -2.29. The predicted octanol–water partition coefficient (Wildman–Crippen LogP) is 4.42. The first kappa shape index (κ1) is 20.6. The minimum Gasteiger partial charge on any atom is -0.352 e. The predicted molar refractivity (Wildman–Crippen MR) is 120 cm³/mol. The van der Waals surface area contributed by atoms with E-state index in [0.717, 1.165) is 29.1 Å². The number of benzene rings is 1. The molecule has 0 bridgehead atoms. The van der Waals surface area contributed by atoms with Crippen molar-refractivity contribution < 1.29 is 4.79 Å². The lowest BCUT2D eigenvalue weighted by molar-refractivity contribution is -0.119. The lowest BCUT2D eigenvalue weighted by atomic mass is 9.86.